The minimum Gasteiger partial charge on any atom is -0.467 e. The molecule has 29 heavy (non-hydrogen) atoms. The van der Waals surface area contributed by atoms with Crippen LogP contribution in [0.2, 0.25) is 0 Å². The van der Waals surface area contributed by atoms with Crippen molar-refractivity contribution in [2.75, 3.05) is 6.61 Å². The molecule has 2 aromatic heterocycles. The van der Waals surface area contributed by atoms with Gasteiger partial charge in [-0.05, 0) is 37.3 Å². The van der Waals surface area contributed by atoms with Gasteiger partial charge in [0.1, 0.15) is 10.8 Å². The van der Waals surface area contributed by atoms with E-state index in [0.29, 0.717) is 16.9 Å². The van der Waals surface area contributed by atoms with Crippen LogP contribution < -0.4 is 5.32 Å². The second-order valence-corrected chi connectivity index (χ2v) is 7.44. The summed E-state index contributed by atoms with van der Waals surface area (Å²) in [7, 11) is 0. The molecule has 6 nitrogen and oxygen atoms in total. The van der Waals surface area contributed by atoms with Gasteiger partial charge >= 0.3 is 5.97 Å². The van der Waals surface area contributed by atoms with Crippen molar-refractivity contribution in [2.24, 2.45) is 0 Å². The summed E-state index contributed by atoms with van der Waals surface area (Å²) in [6.07, 6.45) is 1.54. The van der Waals surface area contributed by atoms with E-state index in [1.807, 2.05) is 36.4 Å². The number of hydrogen-bond donors (Lipinski definition) is 1. The third kappa shape index (κ3) is 4.20. The molecule has 0 bridgehead atoms. The summed E-state index contributed by atoms with van der Waals surface area (Å²) in [5, 5.41) is 3.46. The quantitative estimate of drug-likeness (QED) is 0.474. The summed E-state index contributed by atoms with van der Waals surface area (Å²) in [5.41, 5.74) is 1.93. The predicted molar refractivity (Wildman–Crippen MR) is 111 cm³/mol. The minimum absolute atomic E-state index is 0.314. The van der Waals surface area contributed by atoms with E-state index in [-0.39, 0.29) is 12.6 Å². The highest BCUT2D eigenvalue weighted by molar-refractivity contribution is 7.21. The minimum atomic E-state index is -0.569. The van der Waals surface area contributed by atoms with Gasteiger partial charge in [-0.1, -0.05) is 30.3 Å². The average Bonchev–Trinajstić information content (AvgIpc) is 3.41. The number of fused-ring (bicyclic) bond motifs is 1. The van der Waals surface area contributed by atoms with E-state index < -0.39 is 11.9 Å². The molecule has 0 saturated heterocycles. The molecule has 146 valence electrons. The largest absolute Gasteiger partial charge is 0.467 e. The molecule has 0 aliphatic carbocycles. The number of thiazole rings is 1. The highest BCUT2D eigenvalue weighted by atomic mass is 32.1. The number of furan rings is 1. The number of nitrogens with one attached hydrogen (secondary N) is 1. The monoisotopic (exact) mass is 406 g/mol. The molecule has 0 fully saturated rings. The van der Waals surface area contributed by atoms with E-state index in [1.54, 1.807) is 31.2 Å². The Kier molecular flexibility index (Phi) is 5.39. The van der Waals surface area contributed by atoms with Gasteiger partial charge in [0.05, 0.1) is 28.1 Å². The van der Waals surface area contributed by atoms with Crippen molar-refractivity contribution in [1.29, 1.82) is 0 Å². The third-order valence-electron chi connectivity index (χ3n) is 4.35. The number of para-hydroxylation sites is 1. The normalized spacial score (nSPS) is 11.9. The summed E-state index contributed by atoms with van der Waals surface area (Å²) in [6.45, 7) is 1.42. The highest BCUT2D eigenvalue weighted by Gasteiger charge is 2.19. The number of hydrogen-bond acceptors (Lipinski definition) is 6. The molecular formula is C22H18N2O4S. The van der Waals surface area contributed by atoms with Crippen molar-refractivity contribution in [3.8, 4) is 10.6 Å². The number of rotatable bonds is 6. The zero-order valence-electron chi connectivity index (χ0n) is 15.6. The van der Waals surface area contributed by atoms with E-state index in [1.165, 1.54) is 17.6 Å². The number of esters is 1. The van der Waals surface area contributed by atoms with Crippen molar-refractivity contribution in [2.45, 2.75) is 13.0 Å². The Labute approximate surface area is 171 Å². The van der Waals surface area contributed by atoms with Crippen LogP contribution >= 0.6 is 11.3 Å². The molecule has 0 spiro atoms. The first-order chi connectivity index (χ1) is 14.1. The highest BCUT2D eigenvalue weighted by Crippen LogP contribution is 2.32. The molecular weight excluding hydrogens is 388 g/mol. The Hall–Kier alpha value is -3.45. The molecule has 1 atom stereocenters. The Balaban J connectivity index is 1.46. The first-order valence-electron chi connectivity index (χ1n) is 9.06. The van der Waals surface area contributed by atoms with Crippen LogP contribution in [-0.4, -0.2) is 23.5 Å². The standard InChI is InChI=1S/C22H18N2O4S/c1-14(18-10-6-12-27-18)23-20(25)13-28-22(26)16-8-3-2-7-15(16)21-24-17-9-4-5-11-19(17)29-21/h2-12,14H,13H2,1H3,(H,23,25)/t14-/m0/s1. The Morgan fingerprint density at radius 1 is 1.10 bits per heavy atom. The molecule has 4 rings (SSSR count). The molecule has 0 radical (unpaired) electrons. The molecule has 0 unspecified atom stereocenters. The molecule has 0 saturated carbocycles. The van der Waals surface area contributed by atoms with Gasteiger partial charge in [0.15, 0.2) is 6.61 Å². The fraction of sp³-hybridized carbons (Fsp3) is 0.136. The van der Waals surface area contributed by atoms with Gasteiger partial charge < -0.3 is 14.5 Å². The topological polar surface area (TPSA) is 81.4 Å². The van der Waals surface area contributed by atoms with Crippen LogP contribution in [0.25, 0.3) is 20.8 Å². The van der Waals surface area contributed by atoms with Gasteiger partial charge in [-0.2, -0.15) is 0 Å². The lowest BCUT2D eigenvalue weighted by molar-refractivity contribution is -0.125. The van der Waals surface area contributed by atoms with Crippen molar-refractivity contribution in [3.05, 3.63) is 78.3 Å². The third-order valence-corrected chi connectivity index (χ3v) is 5.42. The predicted octanol–water partition coefficient (Wildman–Crippen LogP) is 4.59. The van der Waals surface area contributed by atoms with Crippen LogP contribution in [0.5, 0.6) is 0 Å². The first kappa shape index (κ1) is 18.9. The molecule has 7 heteroatoms. The molecule has 0 aliphatic heterocycles. The van der Waals surface area contributed by atoms with Crippen molar-refractivity contribution in [3.63, 3.8) is 0 Å². The lowest BCUT2D eigenvalue weighted by Gasteiger charge is -2.12. The molecule has 4 aromatic rings. The van der Waals surface area contributed by atoms with Crippen molar-refractivity contribution < 1.29 is 18.7 Å². The SMILES string of the molecule is C[C@H](NC(=O)COC(=O)c1ccccc1-c1nc2ccccc2s1)c1ccco1. The number of carbonyl (C=O) groups excluding carboxylic acids is 2. The second-order valence-electron chi connectivity index (χ2n) is 6.41. The summed E-state index contributed by atoms with van der Waals surface area (Å²) in [4.78, 5) is 29.4. The van der Waals surface area contributed by atoms with Crippen molar-refractivity contribution in [1.82, 2.24) is 10.3 Å². The maximum Gasteiger partial charge on any atom is 0.339 e. The maximum atomic E-state index is 12.6. The van der Waals surface area contributed by atoms with E-state index in [4.69, 9.17) is 9.15 Å². The zero-order valence-corrected chi connectivity index (χ0v) is 16.4. The number of amides is 1. The Morgan fingerprint density at radius 3 is 2.69 bits per heavy atom. The summed E-state index contributed by atoms with van der Waals surface area (Å²) < 4.78 is 11.5. The summed E-state index contributed by atoms with van der Waals surface area (Å²) in [5.74, 6) is -0.341. The van der Waals surface area contributed by atoms with Gasteiger partial charge in [-0.25, -0.2) is 9.78 Å². The number of ether oxygens (including phenoxy) is 1. The van der Waals surface area contributed by atoms with Crippen LogP contribution in [0.4, 0.5) is 0 Å². The second kappa shape index (κ2) is 8.28. The summed E-state index contributed by atoms with van der Waals surface area (Å²) >= 11 is 1.50. The Morgan fingerprint density at radius 2 is 1.90 bits per heavy atom. The van der Waals surface area contributed by atoms with E-state index >= 15 is 0 Å². The molecule has 2 aromatic carbocycles. The van der Waals surface area contributed by atoms with E-state index in [0.717, 1.165) is 15.2 Å². The smallest absolute Gasteiger partial charge is 0.339 e. The fourth-order valence-corrected chi connectivity index (χ4v) is 3.94. The van der Waals surface area contributed by atoms with Gasteiger partial charge in [0.2, 0.25) is 0 Å². The lowest BCUT2D eigenvalue weighted by atomic mass is 10.1. The van der Waals surface area contributed by atoms with Crippen LogP contribution in [0.1, 0.15) is 29.1 Å². The van der Waals surface area contributed by atoms with Crippen molar-refractivity contribution >= 4 is 33.4 Å². The van der Waals surface area contributed by atoms with Gasteiger partial charge in [0.25, 0.3) is 5.91 Å². The van der Waals surface area contributed by atoms with Crippen LogP contribution in [-0.2, 0) is 9.53 Å². The zero-order chi connectivity index (χ0) is 20.2. The molecule has 2 heterocycles. The number of carbonyl (C=O) groups is 2. The molecule has 1 amide bonds. The fourth-order valence-electron chi connectivity index (χ4n) is 2.94. The number of benzene rings is 2. The Bertz CT molecular complexity index is 1120. The van der Waals surface area contributed by atoms with Crippen LogP contribution in [0.15, 0.2) is 71.3 Å². The number of aromatic nitrogens is 1. The van der Waals surface area contributed by atoms with Gasteiger partial charge in [-0.3, -0.25) is 4.79 Å². The molecule has 1 N–H and O–H groups in total. The van der Waals surface area contributed by atoms with Gasteiger partial charge in [-0.15, -0.1) is 11.3 Å². The lowest BCUT2D eigenvalue weighted by Crippen LogP contribution is -2.31. The maximum absolute atomic E-state index is 12.6. The van der Waals surface area contributed by atoms with E-state index in [9.17, 15) is 9.59 Å². The number of nitrogens with zero attached hydrogens (tertiary/aromatic N) is 1. The van der Waals surface area contributed by atoms with E-state index in [2.05, 4.69) is 10.3 Å². The average molecular weight is 406 g/mol. The summed E-state index contributed by atoms with van der Waals surface area (Å²) in [6, 6.07) is 18.1. The van der Waals surface area contributed by atoms with Crippen LogP contribution in [0.3, 0.4) is 0 Å². The van der Waals surface area contributed by atoms with Crippen LogP contribution in [0, 0.1) is 0 Å². The molecule has 0 aliphatic rings. The van der Waals surface area contributed by atoms with Gasteiger partial charge in [0, 0.05) is 5.56 Å². The first-order valence-corrected chi connectivity index (χ1v) is 9.88.